The Morgan fingerprint density at radius 3 is 2.21 bits per heavy atom. The maximum absolute atomic E-state index is 13.8. The molecule has 262 valence electrons. The van der Waals surface area contributed by atoms with Crippen LogP contribution in [0.5, 0.6) is 0 Å². The number of ether oxygens (including phenoxy) is 5. The highest BCUT2D eigenvalue weighted by Gasteiger charge is 2.77. The van der Waals surface area contributed by atoms with Crippen LogP contribution in [0.15, 0.2) is 57.5 Å². The van der Waals surface area contributed by atoms with Gasteiger partial charge in [0.2, 0.25) is 0 Å². The highest BCUT2D eigenvalue weighted by Crippen LogP contribution is 2.72. The van der Waals surface area contributed by atoms with Gasteiger partial charge < -0.3 is 33.2 Å². The lowest BCUT2D eigenvalue weighted by atomic mass is 9.39. The monoisotopic (exact) mass is 666 g/mol. The van der Waals surface area contributed by atoms with E-state index in [-0.39, 0.29) is 31.3 Å². The van der Waals surface area contributed by atoms with Crippen LogP contribution in [0.4, 0.5) is 0 Å². The Balaban J connectivity index is 1.61. The molecule has 6 rings (SSSR count). The van der Waals surface area contributed by atoms with Crippen molar-refractivity contribution in [2.24, 2.45) is 28.1 Å². The Morgan fingerprint density at radius 1 is 0.938 bits per heavy atom. The summed E-state index contributed by atoms with van der Waals surface area (Å²) in [6.07, 6.45) is 3.50. The molecule has 2 saturated carbocycles. The molecule has 1 N–H and O–H groups in total. The van der Waals surface area contributed by atoms with E-state index in [0.717, 1.165) is 16.7 Å². The van der Waals surface area contributed by atoms with Gasteiger partial charge in [-0.1, -0.05) is 38.5 Å². The number of carbonyl (C=O) groups is 3. The zero-order valence-corrected chi connectivity index (χ0v) is 29.5. The summed E-state index contributed by atoms with van der Waals surface area (Å²) in [6, 6.07) is 1.95. The highest BCUT2D eigenvalue weighted by molar-refractivity contribution is 5.88. The minimum absolute atomic E-state index is 0.0360. The van der Waals surface area contributed by atoms with Crippen LogP contribution >= 0.6 is 0 Å². The fraction of sp³-hybridized carbons (Fsp3) is 0.658. The first-order chi connectivity index (χ1) is 22.6. The lowest BCUT2D eigenvalue weighted by molar-refractivity contribution is -0.261. The number of esters is 3. The standard InChI is InChI=1S/C38H50O10/c1-10-19(3)34(41)47-28-16-27(45-22(6)39)36(7)18-44-31-32(36)37(28,8)26-15-29(40)46-25-14-24(23-12-13-43-17-23)21(5)30(25)38(26,9)33(31)48-35(42)20(4)11-2/h10-13,17,24-29,31-33,40H,14-16,18H2,1-9H3/b19-10+,20-11-/t24-,25?,26?,27-,28+,29-,31-,32+,33-,36-,37+,38-/m1/s1. The van der Waals surface area contributed by atoms with Crippen molar-refractivity contribution in [3.05, 3.63) is 58.6 Å². The molecule has 2 aliphatic heterocycles. The van der Waals surface area contributed by atoms with Crippen LogP contribution in [0.25, 0.3) is 0 Å². The Morgan fingerprint density at radius 2 is 1.60 bits per heavy atom. The third-order valence-electron chi connectivity index (χ3n) is 12.8. The van der Waals surface area contributed by atoms with E-state index in [0.29, 0.717) is 17.6 Å². The lowest BCUT2D eigenvalue weighted by Gasteiger charge is -2.66. The molecule has 3 heterocycles. The minimum atomic E-state index is -1.14. The highest BCUT2D eigenvalue weighted by atomic mass is 16.6. The summed E-state index contributed by atoms with van der Waals surface area (Å²) in [6.45, 7) is 17.0. The van der Waals surface area contributed by atoms with Crippen LogP contribution in [0.3, 0.4) is 0 Å². The van der Waals surface area contributed by atoms with Crippen molar-refractivity contribution in [1.82, 2.24) is 0 Å². The number of fused-ring (bicyclic) bond motifs is 4. The second-order valence-electron chi connectivity index (χ2n) is 15.2. The molecule has 0 spiro atoms. The van der Waals surface area contributed by atoms with Gasteiger partial charge in [-0.2, -0.15) is 0 Å². The van der Waals surface area contributed by atoms with Crippen LogP contribution in [-0.4, -0.2) is 66.4 Å². The molecule has 48 heavy (non-hydrogen) atoms. The minimum Gasteiger partial charge on any atom is -0.472 e. The summed E-state index contributed by atoms with van der Waals surface area (Å²) >= 11 is 0. The van der Waals surface area contributed by atoms with Crippen LogP contribution in [0.2, 0.25) is 0 Å². The summed E-state index contributed by atoms with van der Waals surface area (Å²) in [7, 11) is 0. The predicted octanol–water partition coefficient (Wildman–Crippen LogP) is 5.95. The zero-order chi connectivity index (χ0) is 34.9. The number of allylic oxidation sites excluding steroid dienone is 3. The van der Waals surface area contributed by atoms with E-state index < -0.39 is 76.9 Å². The zero-order valence-electron chi connectivity index (χ0n) is 29.5. The van der Waals surface area contributed by atoms with Crippen molar-refractivity contribution in [1.29, 1.82) is 0 Å². The Labute approximate surface area is 282 Å². The second-order valence-corrected chi connectivity index (χ2v) is 15.2. The summed E-state index contributed by atoms with van der Waals surface area (Å²) in [5.74, 6) is -2.18. The van der Waals surface area contributed by atoms with Crippen molar-refractivity contribution in [3.8, 4) is 0 Å². The molecular formula is C38H50O10. The Bertz CT molecular complexity index is 1550. The van der Waals surface area contributed by atoms with Gasteiger partial charge in [-0.05, 0) is 64.2 Å². The summed E-state index contributed by atoms with van der Waals surface area (Å²) in [4.78, 5) is 39.8. The number of hydrogen-bond acceptors (Lipinski definition) is 10. The quantitative estimate of drug-likeness (QED) is 0.168. The van der Waals surface area contributed by atoms with Crippen LogP contribution in [0.1, 0.15) is 93.1 Å². The first-order valence-electron chi connectivity index (χ1n) is 17.2. The lowest BCUT2D eigenvalue weighted by Crippen LogP contribution is -2.72. The molecule has 0 radical (unpaired) electrons. The number of aliphatic hydroxyl groups excluding tert-OH is 1. The molecule has 2 unspecified atom stereocenters. The van der Waals surface area contributed by atoms with E-state index in [1.807, 2.05) is 6.07 Å². The molecule has 3 aliphatic carbocycles. The van der Waals surface area contributed by atoms with E-state index in [1.165, 1.54) is 6.92 Å². The van der Waals surface area contributed by atoms with Gasteiger partial charge in [0.05, 0.1) is 31.3 Å². The van der Waals surface area contributed by atoms with Crippen molar-refractivity contribution in [3.63, 3.8) is 0 Å². The number of rotatable bonds is 6. The molecule has 10 nitrogen and oxygen atoms in total. The van der Waals surface area contributed by atoms with Crippen molar-refractivity contribution in [2.75, 3.05) is 6.61 Å². The van der Waals surface area contributed by atoms with Crippen molar-refractivity contribution < 1.29 is 47.6 Å². The molecular weight excluding hydrogens is 616 g/mol. The van der Waals surface area contributed by atoms with Gasteiger partial charge >= 0.3 is 17.9 Å². The van der Waals surface area contributed by atoms with Crippen molar-refractivity contribution in [2.45, 2.75) is 124 Å². The van der Waals surface area contributed by atoms with E-state index in [4.69, 9.17) is 28.1 Å². The summed E-state index contributed by atoms with van der Waals surface area (Å²) in [5.41, 5.74) is 1.53. The molecule has 5 aliphatic rings. The summed E-state index contributed by atoms with van der Waals surface area (Å²) < 4.78 is 37.8. The molecule has 1 aromatic heterocycles. The van der Waals surface area contributed by atoms with Gasteiger partial charge in [0, 0.05) is 59.0 Å². The molecule has 0 amide bonds. The molecule has 4 fully saturated rings. The second kappa shape index (κ2) is 12.3. The summed E-state index contributed by atoms with van der Waals surface area (Å²) in [5, 5.41) is 11.7. The molecule has 1 aromatic rings. The van der Waals surface area contributed by atoms with Crippen LogP contribution < -0.4 is 0 Å². The fourth-order valence-corrected chi connectivity index (χ4v) is 10.4. The third-order valence-corrected chi connectivity index (χ3v) is 12.8. The molecule has 10 heteroatoms. The third kappa shape index (κ3) is 5.04. The van der Waals surface area contributed by atoms with E-state index in [9.17, 15) is 19.5 Å². The maximum Gasteiger partial charge on any atom is 0.333 e. The van der Waals surface area contributed by atoms with Gasteiger partial charge in [-0.3, -0.25) is 4.79 Å². The predicted molar refractivity (Wildman–Crippen MR) is 174 cm³/mol. The van der Waals surface area contributed by atoms with E-state index in [2.05, 4.69) is 27.7 Å². The van der Waals surface area contributed by atoms with E-state index in [1.54, 1.807) is 52.4 Å². The Kier molecular flexibility index (Phi) is 8.87. The fourth-order valence-electron chi connectivity index (χ4n) is 10.4. The smallest absolute Gasteiger partial charge is 0.333 e. The topological polar surface area (TPSA) is 131 Å². The maximum atomic E-state index is 13.8. The van der Waals surface area contributed by atoms with Crippen LogP contribution in [0, 0.1) is 28.1 Å². The van der Waals surface area contributed by atoms with Gasteiger partial charge in [-0.25, -0.2) is 9.59 Å². The van der Waals surface area contributed by atoms with Gasteiger partial charge in [0.1, 0.15) is 18.3 Å². The average Bonchev–Trinajstić information content (AvgIpc) is 3.75. The Hall–Kier alpha value is -3.21. The van der Waals surface area contributed by atoms with E-state index >= 15 is 0 Å². The number of hydrogen-bond donors (Lipinski definition) is 1. The molecule has 0 aromatic carbocycles. The van der Waals surface area contributed by atoms with Crippen molar-refractivity contribution >= 4 is 17.9 Å². The molecule has 2 saturated heterocycles. The number of aliphatic hydroxyl groups is 1. The SMILES string of the molecule is C/C=C(/C)C(=O)O[C@@H]1[C@@H]2OC[C@]3(C)[C@H](OC(C)=O)C[C@H](OC(=O)/C(C)=C/C)[C@](C)(C4C[C@H](O)OC5C[C@@H](c6ccoc6)C(C)=C5[C@@]41C)[C@@H]23. The largest absolute Gasteiger partial charge is 0.472 e. The molecule has 12 atom stereocenters. The number of carbonyl (C=O) groups excluding carboxylic acids is 3. The van der Waals surface area contributed by atoms with Gasteiger partial charge in [0.15, 0.2) is 6.29 Å². The molecule has 0 bridgehead atoms. The normalized spacial score (nSPS) is 42.3. The number of furan rings is 1. The first kappa shape index (κ1) is 34.6. The van der Waals surface area contributed by atoms with Gasteiger partial charge in [0.25, 0.3) is 0 Å². The van der Waals surface area contributed by atoms with Crippen LogP contribution in [-0.2, 0) is 38.1 Å². The first-order valence-corrected chi connectivity index (χ1v) is 17.2. The average molecular weight is 667 g/mol. The van der Waals surface area contributed by atoms with Gasteiger partial charge in [-0.15, -0.1) is 0 Å².